The van der Waals surface area contributed by atoms with Crippen LogP contribution in [-0.2, 0) is 28.6 Å². The van der Waals surface area contributed by atoms with Crippen molar-refractivity contribution in [2.75, 3.05) is 19.4 Å². The van der Waals surface area contributed by atoms with Gasteiger partial charge in [-0.3, -0.25) is 0 Å². The molecule has 0 aliphatic heterocycles. The maximum Gasteiger partial charge on any atom is 0.244 e. The molecule has 2 aromatic rings. The fraction of sp³-hybridized carbons (Fsp3) is 0.400. The second kappa shape index (κ2) is 9.48. The van der Waals surface area contributed by atoms with Crippen LogP contribution in [0.5, 0.6) is 5.75 Å². The Kier molecular flexibility index (Phi) is 7.25. The van der Waals surface area contributed by atoms with Gasteiger partial charge in [0.2, 0.25) is 10.0 Å². The van der Waals surface area contributed by atoms with Crippen molar-refractivity contribution in [3.8, 4) is 5.75 Å². The van der Waals surface area contributed by atoms with E-state index in [9.17, 15) is 12.8 Å². The first-order valence-corrected chi connectivity index (χ1v) is 12.1. The van der Waals surface area contributed by atoms with Gasteiger partial charge < -0.3 is 4.74 Å². The van der Waals surface area contributed by atoms with Gasteiger partial charge in [-0.2, -0.15) is 11.8 Å². The second-order valence-corrected chi connectivity index (χ2v) is 9.88. The molecule has 0 saturated heterocycles. The first-order valence-electron chi connectivity index (χ1n) is 9.12. The summed E-state index contributed by atoms with van der Waals surface area (Å²) in [6.07, 6.45) is 4.03. The predicted molar refractivity (Wildman–Crippen MR) is 112 cm³/mol. The maximum atomic E-state index is 13.8. The molecule has 0 bridgehead atoms. The Morgan fingerprint density at radius 2 is 1.93 bits per heavy atom. The number of benzene rings is 2. The summed E-state index contributed by atoms with van der Waals surface area (Å²) in [5.41, 5.74) is 2.68. The highest BCUT2D eigenvalue weighted by atomic mass is 35.5. The van der Waals surface area contributed by atoms with E-state index in [1.165, 1.54) is 30.5 Å². The van der Waals surface area contributed by atoms with E-state index < -0.39 is 10.0 Å². The van der Waals surface area contributed by atoms with Crippen LogP contribution < -0.4 is 9.46 Å². The first-order chi connectivity index (χ1) is 13.4. The number of sulfonamides is 1. The Hall–Kier alpha value is -1.28. The van der Waals surface area contributed by atoms with Crippen molar-refractivity contribution in [1.29, 1.82) is 0 Å². The van der Waals surface area contributed by atoms with Gasteiger partial charge >= 0.3 is 0 Å². The number of methoxy groups -OCH3 is 1. The average Bonchev–Trinajstić information content (AvgIpc) is 2.68. The first kappa shape index (κ1) is 21.4. The summed E-state index contributed by atoms with van der Waals surface area (Å²) in [6.45, 7) is 0.235. The summed E-state index contributed by atoms with van der Waals surface area (Å²) >= 11 is 7.43. The van der Waals surface area contributed by atoms with Gasteiger partial charge in [0.05, 0.1) is 7.11 Å². The molecule has 28 heavy (non-hydrogen) atoms. The minimum Gasteiger partial charge on any atom is -0.495 e. The van der Waals surface area contributed by atoms with Crippen molar-refractivity contribution < 1.29 is 17.5 Å². The zero-order valence-corrected chi connectivity index (χ0v) is 18.0. The third kappa shape index (κ3) is 5.00. The van der Waals surface area contributed by atoms with Gasteiger partial charge in [0, 0.05) is 28.6 Å². The fourth-order valence-corrected chi connectivity index (χ4v) is 5.84. The molecule has 0 heterocycles. The average molecular weight is 444 g/mol. The normalized spacial score (nSPS) is 14.0. The summed E-state index contributed by atoms with van der Waals surface area (Å²) in [7, 11) is -2.20. The lowest BCUT2D eigenvalue weighted by atomic mass is 9.92. The number of aryl methyl sites for hydroxylation is 2. The Bertz CT molecular complexity index is 930. The van der Waals surface area contributed by atoms with Crippen molar-refractivity contribution in [2.45, 2.75) is 36.3 Å². The molecule has 0 fully saturated rings. The molecule has 1 aliphatic carbocycles. The summed E-state index contributed by atoms with van der Waals surface area (Å²) in [5, 5.41) is 0.381. The SMILES string of the molecule is COc1cc2c(cc1S(=O)(=O)NCCSCc1c(F)cccc1Cl)CCCC2. The van der Waals surface area contributed by atoms with Crippen LogP contribution in [0.4, 0.5) is 4.39 Å². The standard InChI is InChI=1S/C20H23ClFNO3S2/c1-26-19-11-14-5-2-3-6-15(14)12-20(19)28(24,25)23-9-10-27-13-16-17(21)7-4-8-18(16)22/h4,7-8,11-12,23H,2-3,5-6,9-10,13H2,1H3. The van der Waals surface area contributed by atoms with Crippen molar-refractivity contribution in [3.63, 3.8) is 0 Å². The van der Waals surface area contributed by atoms with Crippen LogP contribution >= 0.6 is 23.4 Å². The Balaban J connectivity index is 1.61. The van der Waals surface area contributed by atoms with E-state index in [0.717, 1.165) is 31.2 Å². The van der Waals surface area contributed by atoms with Crippen LogP contribution in [0.25, 0.3) is 0 Å². The molecular formula is C20H23ClFNO3S2. The monoisotopic (exact) mass is 443 g/mol. The number of rotatable bonds is 8. The molecular weight excluding hydrogens is 421 g/mol. The molecule has 1 N–H and O–H groups in total. The topological polar surface area (TPSA) is 55.4 Å². The van der Waals surface area contributed by atoms with E-state index in [-0.39, 0.29) is 17.3 Å². The van der Waals surface area contributed by atoms with Gasteiger partial charge in [-0.05, 0) is 61.1 Å². The number of hydrogen-bond donors (Lipinski definition) is 1. The van der Waals surface area contributed by atoms with E-state index in [0.29, 0.717) is 27.8 Å². The van der Waals surface area contributed by atoms with Crippen LogP contribution in [-0.4, -0.2) is 27.8 Å². The van der Waals surface area contributed by atoms with Gasteiger partial charge in [-0.1, -0.05) is 17.7 Å². The number of fused-ring (bicyclic) bond motifs is 1. The van der Waals surface area contributed by atoms with Crippen LogP contribution in [0.15, 0.2) is 35.2 Å². The zero-order chi connectivity index (χ0) is 20.1. The second-order valence-electron chi connectivity index (χ2n) is 6.63. The summed E-state index contributed by atoms with van der Waals surface area (Å²) in [5.74, 6) is 0.908. The Morgan fingerprint density at radius 1 is 1.21 bits per heavy atom. The highest BCUT2D eigenvalue weighted by Crippen LogP contribution is 2.32. The molecule has 0 aromatic heterocycles. The van der Waals surface area contributed by atoms with Crippen LogP contribution in [0.2, 0.25) is 5.02 Å². The lowest BCUT2D eigenvalue weighted by molar-refractivity contribution is 0.401. The highest BCUT2D eigenvalue weighted by molar-refractivity contribution is 7.98. The van der Waals surface area contributed by atoms with Crippen LogP contribution in [0, 0.1) is 5.82 Å². The molecule has 4 nitrogen and oxygen atoms in total. The zero-order valence-electron chi connectivity index (χ0n) is 15.6. The lowest BCUT2D eigenvalue weighted by Crippen LogP contribution is -2.27. The Labute approximate surface area is 174 Å². The number of thioether (sulfide) groups is 1. The summed E-state index contributed by atoms with van der Waals surface area (Å²) in [4.78, 5) is 0.179. The van der Waals surface area contributed by atoms with E-state index in [1.54, 1.807) is 18.2 Å². The molecule has 8 heteroatoms. The van der Waals surface area contributed by atoms with Gasteiger partial charge in [-0.25, -0.2) is 17.5 Å². The molecule has 152 valence electrons. The van der Waals surface area contributed by atoms with Crippen molar-refractivity contribution in [1.82, 2.24) is 4.72 Å². The molecule has 1 aliphatic rings. The summed E-state index contributed by atoms with van der Waals surface area (Å²) < 4.78 is 47.2. The van der Waals surface area contributed by atoms with E-state index in [4.69, 9.17) is 16.3 Å². The van der Waals surface area contributed by atoms with Crippen LogP contribution in [0.3, 0.4) is 0 Å². The van der Waals surface area contributed by atoms with E-state index in [2.05, 4.69) is 4.72 Å². The largest absolute Gasteiger partial charge is 0.495 e. The minimum atomic E-state index is -3.69. The van der Waals surface area contributed by atoms with Gasteiger partial charge in [0.1, 0.15) is 16.5 Å². The number of hydrogen-bond acceptors (Lipinski definition) is 4. The molecule has 0 atom stereocenters. The lowest BCUT2D eigenvalue weighted by Gasteiger charge is -2.19. The predicted octanol–water partition coefficient (Wildman–Crippen LogP) is 4.58. The number of halogens is 2. The van der Waals surface area contributed by atoms with Gasteiger partial charge in [0.15, 0.2) is 0 Å². The van der Waals surface area contributed by atoms with Crippen molar-refractivity contribution >= 4 is 33.4 Å². The molecule has 2 aromatic carbocycles. The maximum absolute atomic E-state index is 13.8. The minimum absolute atomic E-state index is 0.179. The summed E-state index contributed by atoms with van der Waals surface area (Å²) in [6, 6.07) is 8.16. The molecule has 0 radical (unpaired) electrons. The molecule has 0 amide bonds. The molecule has 0 saturated carbocycles. The number of ether oxygens (including phenoxy) is 1. The molecule has 3 rings (SSSR count). The highest BCUT2D eigenvalue weighted by Gasteiger charge is 2.23. The Morgan fingerprint density at radius 3 is 2.61 bits per heavy atom. The third-order valence-electron chi connectivity index (χ3n) is 4.76. The fourth-order valence-electron chi connectivity index (χ4n) is 3.28. The van der Waals surface area contributed by atoms with E-state index in [1.807, 2.05) is 6.07 Å². The van der Waals surface area contributed by atoms with Gasteiger partial charge in [0.25, 0.3) is 0 Å². The van der Waals surface area contributed by atoms with Crippen molar-refractivity contribution in [2.24, 2.45) is 0 Å². The third-order valence-corrected chi connectivity index (χ3v) is 7.59. The van der Waals surface area contributed by atoms with E-state index >= 15 is 0 Å². The van der Waals surface area contributed by atoms with Crippen LogP contribution in [0.1, 0.15) is 29.5 Å². The van der Waals surface area contributed by atoms with Gasteiger partial charge in [-0.15, -0.1) is 0 Å². The quantitative estimate of drug-likeness (QED) is 0.607. The number of nitrogens with one attached hydrogen (secondary N) is 1. The smallest absolute Gasteiger partial charge is 0.244 e. The molecule has 0 unspecified atom stereocenters. The molecule has 0 spiro atoms. The van der Waals surface area contributed by atoms with Crippen molar-refractivity contribution in [3.05, 3.63) is 57.9 Å².